The van der Waals surface area contributed by atoms with E-state index in [1.54, 1.807) is 0 Å². The summed E-state index contributed by atoms with van der Waals surface area (Å²) in [5.41, 5.74) is 2.14. The maximum atomic E-state index is 11.9. The zero-order valence-corrected chi connectivity index (χ0v) is 15.8. The van der Waals surface area contributed by atoms with Gasteiger partial charge in [0.25, 0.3) is 5.91 Å². The van der Waals surface area contributed by atoms with Gasteiger partial charge in [0.05, 0.1) is 5.75 Å². The normalized spacial score (nSPS) is 12.3. The Morgan fingerprint density at radius 1 is 1.11 bits per heavy atom. The highest BCUT2D eigenvalue weighted by molar-refractivity contribution is 8.00. The molecule has 142 valence electrons. The molecule has 0 saturated carbocycles. The van der Waals surface area contributed by atoms with E-state index in [2.05, 4.69) is 5.32 Å². The number of aryl methyl sites for hydroxylation is 1. The van der Waals surface area contributed by atoms with E-state index in [0.29, 0.717) is 31.3 Å². The summed E-state index contributed by atoms with van der Waals surface area (Å²) in [6, 6.07) is 13.3. The minimum absolute atomic E-state index is 0.116. The molecule has 0 saturated heterocycles. The molecule has 0 spiro atoms. The monoisotopic (exact) mass is 387 g/mol. The van der Waals surface area contributed by atoms with Gasteiger partial charge in [-0.1, -0.05) is 24.3 Å². The SMILES string of the molecule is Cc1ccccc1CNC(=O)COC(=O)CSc1ccc2c(c1)OCCO2. The molecule has 0 unspecified atom stereocenters. The number of ether oxygens (including phenoxy) is 3. The molecule has 1 N–H and O–H groups in total. The first-order chi connectivity index (χ1) is 13.1. The van der Waals surface area contributed by atoms with Crippen LogP contribution in [0.5, 0.6) is 11.5 Å². The second kappa shape index (κ2) is 9.32. The second-order valence-electron chi connectivity index (χ2n) is 5.96. The number of nitrogens with one attached hydrogen (secondary N) is 1. The molecule has 1 aliphatic rings. The van der Waals surface area contributed by atoms with E-state index in [-0.39, 0.29) is 18.3 Å². The van der Waals surface area contributed by atoms with Crippen molar-refractivity contribution >= 4 is 23.6 Å². The number of benzene rings is 2. The molecular formula is C20H21NO5S. The molecule has 0 fully saturated rings. The first-order valence-electron chi connectivity index (χ1n) is 8.61. The lowest BCUT2D eigenvalue weighted by Crippen LogP contribution is -2.28. The van der Waals surface area contributed by atoms with Crippen LogP contribution in [0.4, 0.5) is 0 Å². The van der Waals surface area contributed by atoms with Crippen LogP contribution < -0.4 is 14.8 Å². The summed E-state index contributed by atoms with van der Waals surface area (Å²) in [7, 11) is 0. The topological polar surface area (TPSA) is 73.9 Å². The fraction of sp³-hybridized carbons (Fsp3) is 0.300. The van der Waals surface area contributed by atoms with E-state index in [1.807, 2.05) is 49.4 Å². The van der Waals surface area contributed by atoms with Crippen molar-refractivity contribution in [3.8, 4) is 11.5 Å². The van der Waals surface area contributed by atoms with Crippen molar-refractivity contribution in [3.05, 3.63) is 53.6 Å². The molecule has 27 heavy (non-hydrogen) atoms. The lowest BCUT2D eigenvalue weighted by molar-refractivity contribution is -0.145. The minimum Gasteiger partial charge on any atom is -0.486 e. The molecule has 0 aromatic heterocycles. The van der Waals surface area contributed by atoms with Gasteiger partial charge in [0.1, 0.15) is 13.2 Å². The van der Waals surface area contributed by atoms with E-state index < -0.39 is 5.97 Å². The summed E-state index contributed by atoms with van der Waals surface area (Å²) < 4.78 is 16.0. The Kier molecular flexibility index (Phi) is 6.59. The van der Waals surface area contributed by atoms with Crippen molar-refractivity contribution in [2.75, 3.05) is 25.6 Å². The minimum atomic E-state index is -0.444. The van der Waals surface area contributed by atoms with E-state index in [4.69, 9.17) is 14.2 Å². The predicted molar refractivity (Wildman–Crippen MR) is 102 cm³/mol. The molecule has 0 radical (unpaired) electrons. The number of esters is 1. The molecular weight excluding hydrogens is 366 g/mol. The van der Waals surface area contributed by atoms with Crippen molar-refractivity contribution < 1.29 is 23.8 Å². The molecule has 1 amide bonds. The fourth-order valence-corrected chi connectivity index (χ4v) is 3.22. The Morgan fingerprint density at radius 3 is 2.70 bits per heavy atom. The van der Waals surface area contributed by atoms with Crippen LogP contribution >= 0.6 is 11.8 Å². The summed E-state index contributed by atoms with van der Waals surface area (Å²) in [6.07, 6.45) is 0. The van der Waals surface area contributed by atoms with Gasteiger partial charge in [0, 0.05) is 11.4 Å². The van der Waals surface area contributed by atoms with Crippen LogP contribution in [0.3, 0.4) is 0 Å². The number of rotatable bonds is 7. The molecule has 0 bridgehead atoms. The third-order valence-electron chi connectivity index (χ3n) is 3.97. The largest absolute Gasteiger partial charge is 0.486 e. The van der Waals surface area contributed by atoms with Gasteiger partial charge in [-0.3, -0.25) is 9.59 Å². The van der Waals surface area contributed by atoms with Gasteiger partial charge in [-0.25, -0.2) is 0 Å². The molecule has 0 atom stereocenters. The van der Waals surface area contributed by atoms with Crippen molar-refractivity contribution in [2.24, 2.45) is 0 Å². The smallest absolute Gasteiger partial charge is 0.316 e. The van der Waals surface area contributed by atoms with Crippen molar-refractivity contribution in [1.82, 2.24) is 5.32 Å². The molecule has 1 heterocycles. The van der Waals surface area contributed by atoms with Gasteiger partial charge >= 0.3 is 5.97 Å². The van der Waals surface area contributed by atoms with Gasteiger partial charge in [0.15, 0.2) is 18.1 Å². The molecule has 3 rings (SSSR count). The van der Waals surface area contributed by atoms with Crippen LogP contribution in [0, 0.1) is 6.92 Å². The predicted octanol–water partition coefficient (Wildman–Crippen LogP) is 2.72. The molecule has 1 aliphatic heterocycles. The standard InChI is InChI=1S/C20H21NO5S/c1-14-4-2-3-5-15(14)11-21-19(22)12-26-20(23)13-27-16-6-7-17-18(10-16)25-9-8-24-17/h2-7,10H,8-9,11-13H2,1H3,(H,21,22). The molecule has 6 nitrogen and oxygen atoms in total. The summed E-state index contributed by atoms with van der Waals surface area (Å²) in [6.45, 7) is 3.16. The van der Waals surface area contributed by atoms with Crippen molar-refractivity contribution in [1.29, 1.82) is 0 Å². The maximum absolute atomic E-state index is 11.9. The Morgan fingerprint density at radius 2 is 1.89 bits per heavy atom. The van der Waals surface area contributed by atoms with E-state index >= 15 is 0 Å². The average molecular weight is 387 g/mol. The van der Waals surface area contributed by atoms with Gasteiger partial charge in [-0.05, 0) is 36.2 Å². The van der Waals surface area contributed by atoms with E-state index in [9.17, 15) is 9.59 Å². The summed E-state index contributed by atoms with van der Waals surface area (Å²) in [5.74, 6) is 0.732. The first-order valence-corrected chi connectivity index (χ1v) is 9.59. The fourth-order valence-electron chi connectivity index (χ4n) is 2.50. The van der Waals surface area contributed by atoms with Gasteiger partial charge < -0.3 is 19.5 Å². The van der Waals surface area contributed by atoms with Crippen molar-refractivity contribution in [3.63, 3.8) is 0 Å². The van der Waals surface area contributed by atoms with Crippen LogP contribution in [-0.2, 0) is 20.9 Å². The zero-order valence-electron chi connectivity index (χ0n) is 15.0. The van der Waals surface area contributed by atoms with Crippen LogP contribution in [0.1, 0.15) is 11.1 Å². The number of carbonyl (C=O) groups is 2. The quantitative estimate of drug-likeness (QED) is 0.582. The molecule has 7 heteroatoms. The number of carbonyl (C=O) groups excluding carboxylic acids is 2. The van der Waals surface area contributed by atoms with Crippen LogP contribution in [-0.4, -0.2) is 37.4 Å². The van der Waals surface area contributed by atoms with Crippen LogP contribution in [0.2, 0.25) is 0 Å². The Balaban J connectivity index is 1.38. The molecule has 2 aromatic rings. The summed E-state index contributed by atoms with van der Waals surface area (Å²) in [5, 5.41) is 2.75. The van der Waals surface area contributed by atoms with Crippen molar-refractivity contribution in [2.45, 2.75) is 18.4 Å². The number of hydrogen-bond donors (Lipinski definition) is 1. The molecule has 2 aromatic carbocycles. The maximum Gasteiger partial charge on any atom is 0.316 e. The third kappa shape index (κ3) is 5.65. The zero-order chi connectivity index (χ0) is 19.1. The Labute approximate surface area is 162 Å². The second-order valence-corrected chi connectivity index (χ2v) is 7.01. The number of hydrogen-bond acceptors (Lipinski definition) is 6. The van der Waals surface area contributed by atoms with Gasteiger partial charge in [-0.15, -0.1) is 11.8 Å². The summed E-state index contributed by atoms with van der Waals surface area (Å²) >= 11 is 1.32. The van der Waals surface area contributed by atoms with Gasteiger partial charge in [0.2, 0.25) is 0 Å². The first kappa shape index (κ1) is 19.1. The highest BCUT2D eigenvalue weighted by Crippen LogP contribution is 2.34. The highest BCUT2D eigenvalue weighted by atomic mass is 32.2. The lowest BCUT2D eigenvalue weighted by atomic mass is 10.1. The number of amides is 1. The van der Waals surface area contributed by atoms with E-state index in [0.717, 1.165) is 16.0 Å². The Hall–Kier alpha value is -2.67. The van der Waals surface area contributed by atoms with Gasteiger partial charge in [-0.2, -0.15) is 0 Å². The number of fused-ring (bicyclic) bond motifs is 1. The summed E-state index contributed by atoms with van der Waals surface area (Å²) in [4.78, 5) is 24.6. The lowest BCUT2D eigenvalue weighted by Gasteiger charge is -2.18. The highest BCUT2D eigenvalue weighted by Gasteiger charge is 2.13. The van der Waals surface area contributed by atoms with Crippen LogP contribution in [0.25, 0.3) is 0 Å². The van der Waals surface area contributed by atoms with E-state index in [1.165, 1.54) is 11.8 Å². The third-order valence-corrected chi connectivity index (χ3v) is 4.94. The average Bonchev–Trinajstić information content (AvgIpc) is 2.70. The number of thioether (sulfide) groups is 1. The molecule has 0 aliphatic carbocycles. The van der Waals surface area contributed by atoms with Crippen LogP contribution in [0.15, 0.2) is 47.4 Å². The Bertz CT molecular complexity index is 824.